The second-order valence-corrected chi connectivity index (χ2v) is 7.57. The minimum absolute atomic E-state index is 0.0174. The largest absolute Gasteiger partial charge is 0.454 e. The number of fused-ring (bicyclic) bond motifs is 1. The van der Waals surface area contributed by atoms with Crippen LogP contribution >= 0.6 is 23.8 Å². The molecule has 2 aromatic carbocycles. The van der Waals surface area contributed by atoms with Crippen LogP contribution in [0.4, 0.5) is 5.69 Å². The predicted molar refractivity (Wildman–Crippen MR) is 112 cm³/mol. The number of thiocarbonyl (C=S) groups is 1. The first kappa shape index (κ1) is 19.5. The highest BCUT2D eigenvalue weighted by atomic mass is 35.5. The molecule has 2 aromatic rings. The minimum Gasteiger partial charge on any atom is -0.454 e. The van der Waals surface area contributed by atoms with Crippen molar-refractivity contribution in [2.24, 2.45) is 0 Å². The van der Waals surface area contributed by atoms with Crippen molar-refractivity contribution in [3.05, 3.63) is 53.1 Å². The van der Waals surface area contributed by atoms with Crippen molar-refractivity contribution < 1.29 is 19.1 Å². The summed E-state index contributed by atoms with van der Waals surface area (Å²) in [5, 5.41) is 3.76. The molecule has 2 amide bonds. The van der Waals surface area contributed by atoms with Gasteiger partial charge in [-0.05, 0) is 54.2 Å². The van der Waals surface area contributed by atoms with Crippen LogP contribution in [0, 0.1) is 0 Å². The smallest absolute Gasteiger partial charge is 0.251 e. The van der Waals surface area contributed by atoms with Crippen LogP contribution in [0.5, 0.6) is 11.5 Å². The van der Waals surface area contributed by atoms with Crippen LogP contribution < -0.4 is 14.8 Å². The van der Waals surface area contributed by atoms with Gasteiger partial charge >= 0.3 is 0 Å². The highest BCUT2D eigenvalue weighted by Gasteiger charge is 2.41. The second-order valence-electron chi connectivity index (χ2n) is 6.77. The average Bonchev–Trinajstić information content (AvgIpc) is 3.24. The Kier molecular flexibility index (Phi) is 5.29. The van der Waals surface area contributed by atoms with Crippen molar-refractivity contribution in [1.29, 1.82) is 0 Å². The number of likely N-dealkylation sites (N-methyl/N-ethyl adjacent to an activating group) is 1. The van der Waals surface area contributed by atoms with Crippen LogP contribution in [-0.4, -0.2) is 46.6 Å². The van der Waals surface area contributed by atoms with Gasteiger partial charge in [-0.1, -0.05) is 17.7 Å². The molecule has 2 heterocycles. The van der Waals surface area contributed by atoms with E-state index in [0.717, 1.165) is 5.56 Å². The van der Waals surface area contributed by atoms with Crippen molar-refractivity contribution in [2.75, 3.05) is 19.2 Å². The van der Waals surface area contributed by atoms with Gasteiger partial charge in [0, 0.05) is 24.3 Å². The van der Waals surface area contributed by atoms with Gasteiger partial charge in [0.25, 0.3) is 5.91 Å². The van der Waals surface area contributed by atoms with Gasteiger partial charge in [-0.2, -0.15) is 0 Å². The Morgan fingerprint density at radius 1 is 1.21 bits per heavy atom. The molecule has 0 saturated carbocycles. The van der Waals surface area contributed by atoms with Crippen molar-refractivity contribution in [1.82, 2.24) is 9.80 Å². The molecule has 2 aliphatic heterocycles. The van der Waals surface area contributed by atoms with Gasteiger partial charge in [0.1, 0.15) is 6.04 Å². The van der Waals surface area contributed by atoms with Crippen LogP contribution in [0.1, 0.15) is 12.0 Å². The molecule has 29 heavy (non-hydrogen) atoms. The summed E-state index contributed by atoms with van der Waals surface area (Å²) in [6.45, 7) is 0.570. The molecule has 0 aliphatic carbocycles. The van der Waals surface area contributed by atoms with Gasteiger partial charge in [-0.3, -0.25) is 14.5 Å². The molecule has 2 aliphatic rings. The van der Waals surface area contributed by atoms with Crippen molar-refractivity contribution in [2.45, 2.75) is 19.0 Å². The molecule has 0 radical (unpaired) electrons. The number of carbonyl (C=O) groups excluding carboxylic acids is 2. The Bertz CT molecular complexity index is 982. The summed E-state index contributed by atoms with van der Waals surface area (Å²) in [5.41, 5.74) is 1.52. The summed E-state index contributed by atoms with van der Waals surface area (Å²) in [4.78, 5) is 28.4. The number of halogens is 1. The van der Waals surface area contributed by atoms with Gasteiger partial charge in [0.15, 0.2) is 16.6 Å². The molecular formula is C20H18ClN3O4S. The van der Waals surface area contributed by atoms with Crippen LogP contribution in [-0.2, 0) is 16.1 Å². The first-order chi connectivity index (χ1) is 13.9. The number of ether oxygens (including phenoxy) is 2. The van der Waals surface area contributed by atoms with Crippen molar-refractivity contribution in [3.63, 3.8) is 0 Å². The number of nitrogens with one attached hydrogen (secondary N) is 1. The lowest BCUT2D eigenvalue weighted by Crippen LogP contribution is -2.37. The lowest BCUT2D eigenvalue weighted by atomic mass is 10.1. The third-order valence-electron chi connectivity index (χ3n) is 4.82. The number of nitrogens with zero attached hydrogens (tertiary/aromatic N) is 2. The van der Waals surface area contributed by atoms with E-state index in [-0.39, 0.29) is 25.0 Å². The van der Waals surface area contributed by atoms with E-state index in [4.69, 9.17) is 33.3 Å². The quantitative estimate of drug-likeness (QED) is 0.734. The summed E-state index contributed by atoms with van der Waals surface area (Å²) in [5.74, 6) is 0.857. The lowest BCUT2D eigenvalue weighted by molar-refractivity contribution is -0.130. The van der Waals surface area contributed by atoms with Crippen LogP contribution in [0.25, 0.3) is 0 Å². The van der Waals surface area contributed by atoms with E-state index < -0.39 is 6.04 Å². The summed E-state index contributed by atoms with van der Waals surface area (Å²) in [6.07, 6.45) is -0.0174. The number of anilines is 1. The van der Waals surface area contributed by atoms with Crippen LogP contribution in [0.15, 0.2) is 42.5 Å². The number of hydrogen-bond donors (Lipinski definition) is 1. The van der Waals surface area contributed by atoms with E-state index in [2.05, 4.69) is 5.32 Å². The third-order valence-corrected chi connectivity index (χ3v) is 5.58. The predicted octanol–water partition coefficient (Wildman–Crippen LogP) is 3.03. The van der Waals surface area contributed by atoms with E-state index in [1.807, 2.05) is 18.2 Å². The SMILES string of the molecule is CN1C(=O)[C@@H](CC(=O)Nc2ccc(Cl)cc2)N(Cc2ccc3c(c2)OCO3)C1=S. The Morgan fingerprint density at radius 3 is 2.69 bits per heavy atom. The summed E-state index contributed by atoms with van der Waals surface area (Å²) in [7, 11) is 1.62. The maximum atomic E-state index is 12.7. The molecule has 0 bridgehead atoms. The standard InChI is InChI=1S/C20H18ClN3O4S/c1-23-19(26)15(9-18(25)22-14-5-3-13(21)4-6-14)24(20(23)29)10-12-2-7-16-17(8-12)28-11-27-16/h2-8,15H,9-11H2,1H3,(H,22,25)/t15-/m1/s1. The molecule has 0 aromatic heterocycles. The van der Waals surface area contributed by atoms with Crippen molar-refractivity contribution in [3.8, 4) is 11.5 Å². The summed E-state index contributed by atoms with van der Waals surface area (Å²) in [6, 6.07) is 11.7. The van der Waals surface area contributed by atoms with E-state index in [9.17, 15) is 9.59 Å². The van der Waals surface area contributed by atoms with Gasteiger partial charge in [-0.25, -0.2) is 0 Å². The lowest BCUT2D eigenvalue weighted by Gasteiger charge is -2.23. The molecule has 9 heteroatoms. The van der Waals surface area contributed by atoms with Gasteiger partial charge < -0.3 is 19.7 Å². The van der Waals surface area contributed by atoms with Crippen LogP contribution in [0.2, 0.25) is 5.02 Å². The molecule has 1 saturated heterocycles. The number of carbonyl (C=O) groups is 2. The maximum absolute atomic E-state index is 12.7. The summed E-state index contributed by atoms with van der Waals surface area (Å²) >= 11 is 11.3. The molecule has 0 spiro atoms. The molecule has 4 rings (SSSR count). The molecule has 150 valence electrons. The van der Waals surface area contributed by atoms with E-state index in [1.54, 1.807) is 36.2 Å². The minimum atomic E-state index is -0.676. The molecular weight excluding hydrogens is 414 g/mol. The number of benzene rings is 2. The van der Waals surface area contributed by atoms with Gasteiger partial charge in [0.05, 0.1) is 6.42 Å². The van der Waals surface area contributed by atoms with E-state index in [0.29, 0.717) is 33.9 Å². The Hall–Kier alpha value is -2.84. The van der Waals surface area contributed by atoms with Crippen molar-refractivity contribution >= 4 is 46.4 Å². The maximum Gasteiger partial charge on any atom is 0.251 e. The zero-order chi connectivity index (χ0) is 20.5. The molecule has 1 N–H and O–H groups in total. The fourth-order valence-corrected chi connectivity index (χ4v) is 3.72. The number of amides is 2. The first-order valence-electron chi connectivity index (χ1n) is 8.94. The van der Waals surface area contributed by atoms with Gasteiger partial charge in [-0.15, -0.1) is 0 Å². The number of hydrogen-bond acceptors (Lipinski definition) is 5. The average molecular weight is 432 g/mol. The molecule has 1 fully saturated rings. The highest BCUT2D eigenvalue weighted by Crippen LogP contribution is 2.33. The third kappa shape index (κ3) is 3.99. The molecule has 0 unspecified atom stereocenters. The van der Waals surface area contributed by atoms with E-state index in [1.165, 1.54) is 4.90 Å². The highest BCUT2D eigenvalue weighted by molar-refractivity contribution is 7.80. The summed E-state index contributed by atoms with van der Waals surface area (Å²) < 4.78 is 10.7. The fraction of sp³-hybridized carbons (Fsp3) is 0.250. The number of rotatable bonds is 5. The Balaban J connectivity index is 1.49. The first-order valence-corrected chi connectivity index (χ1v) is 9.73. The Morgan fingerprint density at radius 2 is 1.93 bits per heavy atom. The van der Waals surface area contributed by atoms with Crippen LogP contribution in [0.3, 0.4) is 0 Å². The topological polar surface area (TPSA) is 71.1 Å². The Labute approximate surface area is 178 Å². The zero-order valence-corrected chi connectivity index (χ0v) is 17.1. The zero-order valence-electron chi connectivity index (χ0n) is 15.6. The second kappa shape index (κ2) is 7.88. The normalized spacial score (nSPS) is 17.8. The van der Waals surface area contributed by atoms with E-state index >= 15 is 0 Å². The van der Waals surface area contributed by atoms with Gasteiger partial charge in [0.2, 0.25) is 12.7 Å². The molecule has 1 atom stereocenters. The monoisotopic (exact) mass is 431 g/mol. The fourth-order valence-electron chi connectivity index (χ4n) is 3.31. The molecule has 7 nitrogen and oxygen atoms in total.